The number of ether oxygens (including phenoxy) is 2. The average molecular weight is 369 g/mol. The molecule has 0 atom stereocenters. The molecular formula is C21H17F2NO3. The van der Waals surface area contributed by atoms with Crippen LogP contribution in [0.1, 0.15) is 10.4 Å². The van der Waals surface area contributed by atoms with Crippen LogP contribution in [0.5, 0.6) is 11.5 Å². The van der Waals surface area contributed by atoms with Crippen LogP contribution in [-0.4, -0.2) is 20.1 Å². The molecule has 0 aliphatic rings. The Hall–Kier alpha value is -3.41. The van der Waals surface area contributed by atoms with Gasteiger partial charge < -0.3 is 14.8 Å². The Bertz CT molecular complexity index is 972. The summed E-state index contributed by atoms with van der Waals surface area (Å²) in [4.78, 5) is 12.2. The van der Waals surface area contributed by atoms with Crippen molar-refractivity contribution in [2.45, 2.75) is 0 Å². The molecule has 0 aliphatic heterocycles. The second kappa shape index (κ2) is 7.86. The maximum absolute atomic E-state index is 13.7. The van der Waals surface area contributed by atoms with E-state index in [4.69, 9.17) is 9.47 Å². The SMILES string of the molecule is COc1ccc(OC)c(-c2ccc(NC(=O)c3cccc(F)c3F)cc2)c1. The van der Waals surface area contributed by atoms with Crippen LogP contribution in [0.15, 0.2) is 60.7 Å². The summed E-state index contributed by atoms with van der Waals surface area (Å²) in [5.41, 5.74) is 1.77. The minimum Gasteiger partial charge on any atom is -0.497 e. The molecule has 4 nitrogen and oxygen atoms in total. The van der Waals surface area contributed by atoms with Crippen LogP contribution in [0.25, 0.3) is 11.1 Å². The summed E-state index contributed by atoms with van der Waals surface area (Å²) in [5.74, 6) is -1.60. The molecule has 0 fully saturated rings. The van der Waals surface area contributed by atoms with E-state index in [0.29, 0.717) is 17.2 Å². The molecule has 0 spiro atoms. The van der Waals surface area contributed by atoms with Crippen LogP contribution in [0.2, 0.25) is 0 Å². The first-order valence-electron chi connectivity index (χ1n) is 8.11. The van der Waals surface area contributed by atoms with Crippen LogP contribution in [0, 0.1) is 11.6 Å². The molecule has 3 aromatic rings. The number of anilines is 1. The van der Waals surface area contributed by atoms with E-state index in [2.05, 4.69) is 5.32 Å². The Morgan fingerprint density at radius 3 is 2.33 bits per heavy atom. The summed E-state index contributed by atoms with van der Waals surface area (Å²) in [6.07, 6.45) is 0. The third kappa shape index (κ3) is 3.89. The fourth-order valence-corrected chi connectivity index (χ4v) is 2.65. The maximum Gasteiger partial charge on any atom is 0.258 e. The predicted molar refractivity (Wildman–Crippen MR) is 99.3 cm³/mol. The lowest BCUT2D eigenvalue weighted by Crippen LogP contribution is -2.14. The van der Waals surface area contributed by atoms with E-state index in [9.17, 15) is 13.6 Å². The lowest BCUT2D eigenvalue weighted by Gasteiger charge is -2.12. The van der Waals surface area contributed by atoms with Crippen LogP contribution >= 0.6 is 0 Å². The molecule has 138 valence electrons. The van der Waals surface area contributed by atoms with Crippen molar-refractivity contribution in [3.63, 3.8) is 0 Å². The molecule has 0 saturated carbocycles. The van der Waals surface area contributed by atoms with Gasteiger partial charge in [0.05, 0.1) is 19.8 Å². The van der Waals surface area contributed by atoms with Crippen molar-refractivity contribution in [3.05, 3.63) is 77.9 Å². The number of hydrogen-bond donors (Lipinski definition) is 1. The van der Waals surface area contributed by atoms with Gasteiger partial charge in [-0.05, 0) is 48.0 Å². The summed E-state index contributed by atoms with van der Waals surface area (Å²) >= 11 is 0. The fourth-order valence-electron chi connectivity index (χ4n) is 2.65. The highest BCUT2D eigenvalue weighted by Crippen LogP contribution is 2.34. The Kier molecular flexibility index (Phi) is 5.35. The van der Waals surface area contributed by atoms with E-state index in [-0.39, 0.29) is 5.56 Å². The van der Waals surface area contributed by atoms with E-state index in [0.717, 1.165) is 17.2 Å². The normalized spacial score (nSPS) is 10.4. The van der Waals surface area contributed by atoms with Gasteiger partial charge in [0.15, 0.2) is 11.6 Å². The Morgan fingerprint density at radius 2 is 1.67 bits per heavy atom. The van der Waals surface area contributed by atoms with Crippen molar-refractivity contribution in [2.24, 2.45) is 0 Å². The molecule has 0 unspecified atom stereocenters. The van der Waals surface area contributed by atoms with Crippen molar-refractivity contribution < 1.29 is 23.0 Å². The number of amides is 1. The molecule has 0 aromatic heterocycles. The highest BCUT2D eigenvalue weighted by molar-refractivity contribution is 6.04. The number of nitrogens with one attached hydrogen (secondary N) is 1. The lowest BCUT2D eigenvalue weighted by molar-refractivity contribution is 0.102. The molecule has 3 aromatic carbocycles. The summed E-state index contributed by atoms with van der Waals surface area (Å²) in [6, 6.07) is 15.8. The number of carbonyl (C=O) groups is 1. The molecule has 0 saturated heterocycles. The highest BCUT2D eigenvalue weighted by atomic mass is 19.2. The molecule has 0 heterocycles. The second-order valence-corrected chi connectivity index (χ2v) is 5.70. The minimum atomic E-state index is -1.17. The minimum absolute atomic E-state index is 0.353. The first-order valence-corrected chi connectivity index (χ1v) is 8.11. The second-order valence-electron chi connectivity index (χ2n) is 5.70. The van der Waals surface area contributed by atoms with E-state index in [1.807, 2.05) is 6.07 Å². The summed E-state index contributed by atoms with van der Waals surface area (Å²) < 4.78 is 37.6. The van der Waals surface area contributed by atoms with Crippen LogP contribution < -0.4 is 14.8 Å². The van der Waals surface area contributed by atoms with Gasteiger partial charge >= 0.3 is 0 Å². The van der Waals surface area contributed by atoms with Gasteiger partial charge in [0.1, 0.15) is 11.5 Å². The van der Waals surface area contributed by atoms with Crippen molar-refractivity contribution in [1.29, 1.82) is 0 Å². The van der Waals surface area contributed by atoms with E-state index in [1.165, 1.54) is 12.1 Å². The van der Waals surface area contributed by atoms with Crippen LogP contribution in [-0.2, 0) is 0 Å². The number of halogens is 2. The average Bonchev–Trinajstić information content (AvgIpc) is 2.70. The number of carbonyl (C=O) groups excluding carboxylic acids is 1. The maximum atomic E-state index is 13.7. The van der Waals surface area contributed by atoms with E-state index < -0.39 is 17.5 Å². The smallest absolute Gasteiger partial charge is 0.258 e. The number of hydrogen-bond acceptors (Lipinski definition) is 3. The fraction of sp³-hybridized carbons (Fsp3) is 0.0952. The van der Waals surface area contributed by atoms with Crippen LogP contribution in [0.4, 0.5) is 14.5 Å². The third-order valence-corrected chi connectivity index (χ3v) is 4.06. The Morgan fingerprint density at radius 1 is 0.926 bits per heavy atom. The molecule has 1 N–H and O–H groups in total. The standard InChI is InChI=1S/C21H17F2NO3/c1-26-15-10-11-19(27-2)17(12-15)13-6-8-14(9-7-13)24-21(25)16-4-3-5-18(22)20(16)23/h3-12H,1-2H3,(H,24,25). The zero-order chi connectivity index (χ0) is 19.4. The third-order valence-electron chi connectivity index (χ3n) is 4.06. The monoisotopic (exact) mass is 369 g/mol. The Balaban J connectivity index is 1.84. The highest BCUT2D eigenvalue weighted by Gasteiger charge is 2.15. The molecule has 27 heavy (non-hydrogen) atoms. The van der Waals surface area contributed by atoms with Gasteiger partial charge in [-0.2, -0.15) is 0 Å². The quantitative estimate of drug-likeness (QED) is 0.696. The zero-order valence-corrected chi connectivity index (χ0v) is 14.8. The van der Waals surface area contributed by atoms with Gasteiger partial charge in [-0.25, -0.2) is 8.78 Å². The topological polar surface area (TPSA) is 47.6 Å². The van der Waals surface area contributed by atoms with E-state index >= 15 is 0 Å². The molecule has 0 bridgehead atoms. The van der Waals surface area contributed by atoms with Crippen molar-refractivity contribution in [2.75, 3.05) is 19.5 Å². The number of rotatable bonds is 5. The van der Waals surface area contributed by atoms with Gasteiger partial charge in [0, 0.05) is 11.3 Å². The van der Waals surface area contributed by atoms with Crippen LogP contribution in [0.3, 0.4) is 0 Å². The number of benzene rings is 3. The molecule has 6 heteroatoms. The molecule has 0 radical (unpaired) electrons. The molecule has 1 amide bonds. The molecule has 0 aliphatic carbocycles. The first-order chi connectivity index (χ1) is 13.0. The predicted octanol–water partition coefficient (Wildman–Crippen LogP) is 4.90. The van der Waals surface area contributed by atoms with Crippen molar-refractivity contribution in [3.8, 4) is 22.6 Å². The Labute approximate surface area is 155 Å². The molecular weight excluding hydrogens is 352 g/mol. The molecule has 3 rings (SSSR count). The van der Waals surface area contributed by atoms with Gasteiger partial charge in [-0.3, -0.25) is 4.79 Å². The summed E-state index contributed by atoms with van der Waals surface area (Å²) in [6.45, 7) is 0. The zero-order valence-electron chi connectivity index (χ0n) is 14.8. The lowest BCUT2D eigenvalue weighted by atomic mass is 10.0. The van der Waals surface area contributed by atoms with Crippen molar-refractivity contribution in [1.82, 2.24) is 0 Å². The van der Waals surface area contributed by atoms with Gasteiger partial charge in [-0.15, -0.1) is 0 Å². The number of methoxy groups -OCH3 is 2. The van der Waals surface area contributed by atoms with Crippen molar-refractivity contribution >= 4 is 11.6 Å². The summed E-state index contributed by atoms with van der Waals surface area (Å²) in [7, 11) is 3.16. The van der Waals surface area contributed by atoms with E-state index in [1.54, 1.807) is 50.6 Å². The van der Waals surface area contributed by atoms with Gasteiger partial charge in [0.2, 0.25) is 0 Å². The summed E-state index contributed by atoms with van der Waals surface area (Å²) in [5, 5.41) is 2.55. The first kappa shape index (κ1) is 18.4. The van der Waals surface area contributed by atoms with Gasteiger partial charge in [0.25, 0.3) is 5.91 Å². The van der Waals surface area contributed by atoms with Gasteiger partial charge in [-0.1, -0.05) is 18.2 Å². The largest absolute Gasteiger partial charge is 0.497 e.